The highest BCUT2D eigenvalue weighted by Gasteiger charge is 2.28. The Bertz CT molecular complexity index is 646. The fourth-order valence-electron chi connectivity index (χ4n) is 2.76. The Hall–Kier alpha value is -1.41. The Balaban J connectivity index is 2.15. The molecule has 0 unspecified atom stereocenters. The maximum Gasteiger partial charge on any atom is 0.156 e. The standard InChI is InChI=1S/C16H16OS/c1-16(2)9-12(8-13(17)10-16)14-5-3-4-11-6-7-18-15(11)14/h3-8H,9-10H2,1-2H3. The van der Waals surface area contributed by atoms with Crippen molar-refractivity contribution in [1.29, 1.82) is 0 Å². The molecule has 1 aromatic carbocycles. The van der Waals surface area contributed by atoms with Crippen molar-refractivity contribution < 1.29 is 4.79 Å². The summed E-state index contributed by atoms with van der Waals surface area (Å²) in [6.45, 7) is 4.35. The second-order valence-electron chi connectivity index (χ2n) is 5.80. The van der Waals surface area contributed by atoms with Crippen molar-refractivity contribution in [2.45, 2.75) is 26.7 Å². The number of allylic oxidation sites excluding steroid dienone is 2. The molecule has 18 heavy (non-hydrogen) atoms. The van der Waals surface area contributed by atoms with Crippen molar-refractivity contribution in [2.24, 2.45) is 5.41 Å². The van der Waals surface area contributed by atoms with Gasteiger partial charge in [-0.3, -0.25) is 4.79 Å². The summed E-state index contributed by atoms with van der Waals surface area (Å²) in [7, 11) is 0. The minimum atomic E-state index is 0.0839. The van der Waals surface area contributed by atoms with Crippen molar-refractivity contribution in [1.82, 2.24) is 0 Å². The Morgan fingerprint density at radius 3 is 2.78 bits per heavy atom. The number of hydrogen-bond donors (Lipinski definition) is 0. The van der Waals surface area contributed by atoms with Crippen molar-refractivity contribution >= 4 is 32.8 Å². The van der Waals surface area contributed by atoms with Crippen LogP contribution in [0.4, 0.5) is 0 Å². The largest absolute Gasteiger partial charge is 0.295 e. The maximum absolute atomic E-state index is 11.9. The molecule has 0 aliphatic heterocycles. The lowest BCUT2D eigenvalue weighted by molar-refractivity contribution is -0.116. The van der Waals surface area contributed by atoms with Gasteiger partial charge in [-0.15, -0.1) is 11.3 Å². The summed E-state index contributed by atoms with van der Waals surface area (Å²) in [4.78, 5) is 11.9. The van der Waals surface area contributed by atoms with Gasteiger partial charge in [-0.05, 0) is 45.9 Å². The van der Waals surface area contributed by atoms with Crippen LogP contribution in [0, 0.1) is 5.41 Å². The lowest BCUT2D eigenvalue weighted by Crippen LogP contribution is -2.21. The Morgan fingerprint density at radius 2 is 2.00 bits per heavy atom. The summed E-state index contributed by atoms with van der Waals surface area (Å²) in [5.41, 5.74) is 2.52. The van der Waals surface area contributed by atoms with E-state index in [-0.39, 0.29) is 11.2 Å². The van der Waals surface area contributed by atoms with Gasteiger partial charge in [-0.25, -0.2) is 0 Å². The number of rotatable bonds is 1. The van der Waals surface area contributed by atoms with E-state index in [4.69, 9.17) is 0 Å². The van der Waals surface area contributed by atoms with E-state index < -0.39 is 0 Å². The van der Waals surface area contributed by atoms with Crippen LogP contribution in [0.2, 0.25) is 0 Å². The number of hydrogen-bond acceptors (Lipinski definition) is 2. The third-order valence-electron chi connectivity index (χ3n) is 3.48. The van der Waals surface area contributed by atoms with Gasteiger partial charge in [0.2, 0.25) is 0 Å². The molecule has 3 rings (SSSR count). The Labute approximate surface area is 111 Å². The number of benzene rings is 1. The molecule has 0 saturated carbocycles. The molecule has 2 heteroatoms. The molecule has 0 saturated heterocycles. The van der Waals surface area contributed by atoms with Gasteiger partial charge in [0.15, 0.2) is 5.78 Å². The van der Waals surface area contributed by atoms with Gasteiger partial charge < -0.3 is 0 Å². The third-order valence-corrected chi connectivity index (χ3v) is 4.45. The van der Waals surface area contributed by atoms with E-state index in [1.165, 1.54) is 21.2 Å². The second-order valence-corrected chi connectivity index (χ2v) is 6.71. The molecule has 0 N–H and O–H groups in total. The van der Waals surface area contributed by atoms with Crippen LogP contribution >= 0.6 is 11.3 Å². The fourth-order valence-corrected chi connectivity index (χ4v) is 3.71. The molecular formula is C16H16OS. The van der Waals surface area contributed by atoms with E-state index in [1.54, 1.807) is 11.3 Å². The summed E-state index contributed by atoms with van der Waals surface area (Å²) >= 11 is 1.76. The van der Waals surface area contributed by atoms with Crippen LogP contribution in [0.5, 0.6) is 0 Å². The van der Waals surface area contributed by atoms with Gasteiger partial charge in [-0.2, -0.15) is 0 Å². The topological polar surface area (TPSA) is 17.1 Å². The molecule has 92 valence electrons. The van der Waals surface area contributed by atoms with Gasteiger partial charge in [0.25, 0.3) is 0 Å². The smallest absolute Gasteiger partial charge is 0.156 e. The lowest BCUT2D eigenvalue weighted by Gasteiger charge is -2.29. The minimum absolute atomic E-state index is 0.0839. The fraction of sp³-hybridized carbons (Fsp3) is 0.312. The Morgan fingerprint density at radius 1 is 1.17 bits per heavy atom. The number of carbonyl (C=O) groups is 1. The first kappa shape index (κ1) is 11.7. The molecule has 1 nitrogen and oxygen atoms in total. The molecule has 0 radical (unpaired) electrons. The van der Waals surface area contributed by atoms with Crippen LogP contribution in [0.1, 0.15) is 32.3 Å². The normalized spacial score (nSPS) is 19.0. The molecule has 0 bridgehead atoms. The van der Waals surface area contributed by atoms with E-state index in [0.717, 1.165) is 6.42 Å². The second kappa shape index (κ2) is 4.06. The van der Waals surface area contributed by atoms with Crippen molar-refractivity contribution in [3.8, 4) is 0 Å². The zero-order valence-corrected chi connectivity index (χ0v) is 11.5. The first-order valence-electron chi connectivity index (χ1n) is 6.25. The summed E-state index contributed by atoms with van der Waals surface area (Å²) in [5.74, 6) is 0.259. The summed E-state index contributed by atoms with van der Waals surface area (Å²) in [6.07, 6.45) is 3.49. The average molecular weight is 256 g/mol. The monoisotopic (exact) mass is 256 g/mol. The molecule has 1 aromatic heterocycles. The minimum Gasteiger partial charge on any atom is -0.295 e. The van der Waals surface area contributed by atoms with Crippen LogP contribution in [0.15, 0.2) is 35.7 Å². The lowest BCUT2D eigenvalue weighted by atomic mass is 9.75. The highest BCUT2D eigenvalue weighted by molar-refractivity contribution is 7.17. The van der Waals surface area contributed by atoms with Gasteiger partial charge in [0, 0.05) is 11.1 Å². The average Bonchev–Trinajstić information content (AvgIpc) is 2.73. The highest BCUT2D eigenvalue weighted by Crippen LogP contribution is 2.40. The molecule has 1 aliphatic carbocycles. The van der Waals surface area contributed by atoms with Gasteiger partial charge in [-0.1, -0.05) is 32.0 Å². The molecule has 0 atom stereocenters. The molecule has 0 amide bonds. The van der Waals surface area contributed by atoms with Gasteiger partial charge >= 0.3 is 0 Å². The van der Waals surface area contributed by atoms with Crippen LogP contribution in [0.25, 0.3) is 15.7 Å². The van der Waals surface area contributed by atoms with Crippen LogP contribution in [0.3, 0.4) is 0 Å². The van der Waals surface area contributed by atoms with Crippen molar-refractivity contribution in [3.05, 3.63) is 41.3 Å². The van der Waals surface area contributed by atoms with Crippen LogP contribution < -0.4 is 0 Å². The number of carbonyl (C=O) groups excluding carboxylic acids is 1. The molecule has 0 spiro atoms. The summed E-state index contributed by atoms with van der Waals surface area (Å²) < 4.78 is 1.30. The predicted octanol–water partition coefficient (Wildman–Crippen LogP) is 4.67. The quantitative estimate of drug-likeness (QED) is 0.724. The highest BCUT2D eigenvalue weighted by atomic mass is 32.1. The molecule has 0 fully saturated rings. The molecule has 2 aromatic rings. The molecule has 1 heterocycles. The predicted molar refractivity (Wildman–Crippen MR) is 77.8 cm³/mol. The zero-order chi connectivity index (χ0) is 12.8. The van der Waals surface area contributed by atoms with Gasteiger partial charge in [0.05, 0.1) is 0 Å². The number of fused-ring (bicyclic) bond motifs is 1. The maximum atomic E-state index is 11.9. The van der Waals surface area contributed by atoms with E-state index >= 15 is 0 Å². The van der Waals surface area contributed by atoms with E-state index in [9.17, 15) is 4.79 Å². The number of thiophene rings is 1. The summed E-state index contributed by atoms with van der Waals surface area (Å²) in [6, 6.07) is 8.49. The number of ketones is 1. The third kappa shape index (κ3) is 2.01. The van der Waals surface area contributed by atoms with E-state index in [0.29, 0.717) is 6.42 Å². The van der Waals surface area contributed by atoms with Crippen LogP contribution in [-0.4, -0.2) is 5.78 Å². The molecular weight excluding hydrogens is 240 g/mol. The van der Waals surface area contributed by atoms with E-state index in [1.807, 2.05) is 6.08 Å². The zero-order valence-electron chi connectivity index (χ0n) is 10.7. The SMILES string of the molecule is CC1(C)CC(=O)C=C(c2cccc3ccsc23)C1. The first-order chi connectivity index (χ1) is 8.55. The van der Waals surface area contributed by atoms with E-state index in [2.05, 4.69) is 43.5 Å². The summed E-state index contributed by atoms with van der Waals surface area (Å²) in [5, 5.41) is 3.39. The first-order valence-corrected chi connectivity index (χ1v) is 7.13. The van der Waals surface area contributed by atoms with Crippen LogP contribution in [-0.2, 0) is 4.79 Å². The Kier molecular flexibility index (Phi) is 2.63. The molecule has 1 aliphatic rings. The van der Waals surface area contributed by atoms with Gasteiger partial charge in [0.1, 0.15) is 0 Å². The van der Waals surface area contributed by atoms with Crippen molar-refractivity contribution in [2.75, 3.05) is 0 Å². The van der Waals surface area contributed by atoms with Crippen molar-refractivity contribution in [3.63, 3.8) is 0 Å².